The molecule has 2 saturated carbocycles. The summed E-state index contributed by atoms with van der Waals surface area (Å²) in [6.45, 7) is 8.86. The first kappa shape index (κ1) is 13.8. The van der Waals surface area contributed by atoms with Gasteiger partial charge in [0.1, 0.15) is 5.60 Å². The van der Waals surface area contributed by atoms with Gasteiger partial charge in [-0.25, -0.2) is 0 Å². The van der Waals surface area contributed by atoms with Crippen molar-refractivity contribution in [3.63, 3.8) is 0 Å². The number of rotatable bonds is 1. The van der Waals surface area contributed by atoms with Crippen molar-refractivity contribution in [2.45, 2.75) is 51.0 Å². The van der Waals surface area contributed by atoms with Crippen molar-refractivity contribution in [3.05, 3.63) is 0 Å². The first-order valence-electron chi connectivity index (χ1n) is 8.70. The standard InChI is InChI=1S/C17H25NO4/c1-9(2)16(20)12-11-5-4-10-8-18-6-7-21-17(18,15(10,11)3)14(16)22-13(12)19/h9-12,14,20H,4-8H2,1-3H3. The number of esters is 1. The van der Waals surface area contributed by atoms with E-state index in [4.69, 9.17) is 9.47 Å². The molecular weight excluding hydrogens is 282 g/mol. The molecule has 0 amide bonds. The first-order valence-corrected chi connectivity index (χ1v) is 8.70. The van der Waals surface area contributed by atoms with E-state index in [1.165, 1.54) is 0 Å². The number of carbonyl (C=O) groups is 1. The molecule has 3 aliphatic heterocycles. The van der Waals surface area contributed by atoms with Crippen LogP contribution in [0, 0.1) is 29.1 Å². The molecule has 1 spiro atoms. The van der Waals surface area contributed by atoms with E-state index in [1.807, 2.05) is 13.8 Å². The maximum Gasteiger partial charge on any atom is 0.312 e. The molecule has 3 saturated heterocycles. The molecule has 5 fully saturated rings. The molecular formula is C17H25NO4. The number of aliphatic hydroxyl groups is 1. The van der Waals surface area contributed by atoms with Gasteiger partial charge in [-0.3, -0.25) is 9.69 Å². The van der Waals surface area contributed by atoms with Crippen LogP contribution in [0.15, 0.2) is 0 Å². The molecule has 5 rings (SSSR count). The SMILES string of the molecule is CC(C)C1(O)C2C(=O)OC1C13OCCN1CC1CCC2C13C. The number of fused-ring (bicyclic) bond motifs is 3. The third-order valence-corrected chi connectivity index (χ3v) is 7.90. The summed E-state index contributed by atoms with van der Waals surface area (Å²) in [5.74, 6) is 0.0985. The van der Waals surface area contributed by atoms with Crippen LogP contribution < -0.4 is 0 Å². The van der Waals surface area contributed by atoms with Crippen LogP contribution in [0.5, 0.6) is 0 Å². The number of carbonyl (C=O) groups excluding carboxylic acids is 1. The zero-order valence-electron chi connectivity index (χ0n) is 13.5. The van der Waals surface area contributed by atoms with Gasteiger partial charge in [0.25, 0.3) is 0 Å². The highest BCUT2D eigenvalue weighted by Gasteiger charge is 2.85. The Morgan fingerprint density at radius 2 is 2.14 bits per heavy atom. The van der Waals surface area contributed by atoms with Crippen molar-refractivity contribution in [2.75, 3.05) is 19.7 Å². The summed E-state index contributed by atoms with van der Waals surface area (Å²) >= 11 is 0. The Morgan fingerprint density at radius 1 is 1.36 bits per heavy atom. The number of nitrogens with zero attached hydrogens (tertiary/aromatic N) is 1. The van der Waals surface area contributed by atoms with Crippen molar-refractivity contribution < 1.29 is 19.4 Å². The average Bonchev–Trinajstić information content (AvgIpc) is 3.11. The van der Waals surface area contributed by atoms with Crippen LogP contribution in [0.2, 0.25) is 0 Å². The molecule has 3 heterocycles. The maximum atomic E-state index is 12.7. The van der Waals surface area contributed by atoms with E-state index in [1.54, 1.807) is 0 Å². The van der Waals surface area contributed by atoms with E-state index < -0.39 is 17.4 Å². The van der Waals surface area contributed by atoms with E-state index in [9.17, 15) is 9.90 Å². The third-order valence-electron chi connectivity index (χ3n) is 7.90. The van der Waals surface area contributed by atoms with Crippen LogP contribution in [0.1, 0.15) is 33.6 Å². The van der Waals surface area contributed by atoms with Gasteiger partial charge in [0.2, 0.25) is 0 Å². The summed E-state index contributed by atoms with van der Waals surface area (Å²) in [5.41, 5.74) is -1.80. The Bertz CT molecular complexity index is 565. The molecule has 122 valence electrons. The summed E-state index contributed by atoms with van der Waals surface area (Å²) in [7, 11) is 0. The Morgan fingerprint density at radius 3 is 2.86 bits per heavy atom. The smallest absolute Gasteiger partial charge is 0.312 e. The average molecular weight is 307 g/mol. The Kier molecular flexibility index (Phi) is 2.32. The summed E-state index contributed by atoms with van der Waals surface area (Å²) < 4.78 is 12.2. The molecule has 7 atom stereocenters. The van der Waals surface area contributed by atoms with Crippen LogP contribution in [-0.2, 0) is 14.3 Å². The summed E-state index contributed by atoms with van der Waals surface area (Å²) in [6.07, 6.45) is 1.58. The summed E-state index contributed by atoms with van der Waals surface area (Å²) in [4.78, 5) is 15.0. The number of hydrogen-bond donors (Lipinski definition) is 1. The molecule has 0 aromatic rings. The van der Waals surface area contributed by atoms with Crippen LogP contribution in [-0.4, -0.2) is 53.1 Å². The predicted molar refractivity (Wildman–Crippen MR) is 77.7 cm³/mol. The monoisotopic (exact) mass is 307 g/mol. The largest absolute Gasteiger partial charge is 0.454 e. The Hall–Kier alpha value is -0.650. The fourth-order valence-corrected chi connectivity index (χ4v) is 6.89. The zero-order chi connectivity index (χ0) is 15.5. The van der Waals surface area contributed by atoms with Gasteiger partial charge in [-0.1, -0.05) is 20.8 Å². The third kappa shape index (κ3) is 1.06. The number of hydrogen-bond acceptors (Lipinski definition) is 5. The van der Waals surface area contributed by atoms with Gasteiger partial charge >= 0.3 is 5.97 Å². The molecule has 5 aliphatic rings. The predicted octanol–water partition coefficient (Wildman–Crippen LogP) is 1.00. The second kappa shape index (κ2) is 3.70. The lowest BCUT2D eigenvalue weighted by molar-refractivity contribution is -0.284. The minimum Gasteiger partial charge on any atom is -0.454 e. The highest BCUT2D eigenvalue weighted by molar-refractivity contribution is 5.79. The highest BCUT2D eigenvalue weighted by atomic mass is 16.6. The molecule has 22 heavy (non-hydrogen) atoms. The lowest BCUT2D eigenvalue weighted by atomic mass is 9.51. The van der Waals surface area contributed by atoms with E-state index in [0.717, 1.165) is 25.9 Å². The van der Waals surface area contributed by atoms with Crippen LogP contribution in [0.3, 0.4) is 0 Å². The van der Waals surface area contributed by atoms with Gasteiger partial charge in [-0.15, -0.1) is 0 Å². The van der Waals surface area contributed by atoms with E-state index in [0.29, 0.717) is 12.5 Å². The zero-order valence-corrected chi connectivity index (χ0v) is 13.5. The van der Waals surface area contributed by atoms with Crippen molar-refractivity contribution in [3.8, 4) is 0 Å². The fourth-order valence-electron chi connectivity index (χ4n) is 6.89. The van der Waals surface area contributed by atoms with E-state index in [2.05, 4.69) is 11.8 Å². The molecule has 0 aromatic heterocycles. The Labute approximate surface area is 130 Å². The Balaban J connectivity index is 1.79. The molecule has 5 nitrogen and oxygen atoms in total. The summed E-state index contributed by atoms with van der Waals surface area (Å²) in [5, 5.41) is 11.6. The van der Waals surface area contributed by atoms with Crippen LogP contribution >= 0.6 is 0 Å². The fraction of sp³-hybridized carbons (Fsp3) is 0.941. The highest BCUT2D eigenvalue weighted by Crippen LogP contribution is 2.73. The van der Waals surface area contributed by atoms with E-state index >= 15 is 0 Å². The lowest BCUT2D eigenvalue weighted by Crippen LogP contribution is -2.73. The second-order valence-electron chi connectivity index (χ2n) is 8.49. The maximum absolute atomic E-state index is 12.7. The van der Waals surface area contributed by atoms with Crippen LogP contribution in [0.25, 0.3) is 0 Å². The molecule has 5 heteroatoms. The minimum atomic E-state index is -1.11. The normalized spacial score (nSPS) is 59.0. The molecule has 0 aromatic carbocycles. The molecule has 2 bridgehead atoms. The second-order valence-corrected chi connectivity index (χ2v) is 8.49. The van der Waals surface area contributed by atoms with Gasteiger partial charge in [-0.2, -0.15) is 0 Å². The van der Waals surface area contributed by atoms with Gasteiger partial charge in [-0.05, 0) is 30.6 Å². The molecule has 1 N–H and O–H groups in total. The minimum absolute atomic E-state index is 0.0291. The van der Waals surface area contributed by atoms with Gasteiger partial charge < -0.3 is 14.6 Å². The van der Waals surface area contributed by atoms with Gasteiger partial charge in [0.05, 0.1) is 12.5 Å². The summed E-state index contributed by atoms with van der Waals surface area (Å²) in [6, 6.07) is 0. The van der Waals surface area contributed by atoms with Crippen molar-refractivity contribution in [2.24, 2.45) is 29.1 Å². The van der Waals surface area contributed by atoms with Crippen molar-refractivity contribution in [1.82, 2.24) is 4.90 Å². The quantitative estimate of drug-likeness (QED) is 0.733. The van der Waals surface area contributed by atoms with Gasteiger partial charge in [0, 0.05) is 18.5 Å². The van der Waals surface area contributed by atoms with E-state index in [-0.39, 0.29) is 29.1 Å². The van der Waals surface area contributed by atoms with Crippen molar-refractivity contribution >= 4 is 5.97 Å². The topological polar surface area (TPSA) is 59.0 Å². The molecule has 0 radical (unpaired) electrons. The van der Waals surface area contributed by atoms with Crippen molar-refractivity contribution in [1.29, 1.82) is 0 Å². The van der Waals surface area contributed by atoms with Crippen LogP contribution in [0.4, 0.5) is 0 Å². The molecule has 7 unspecified atom stereocenters. The molecule has 2 aliphatic carbocycles. The van der Waals surface area contributed by atoms with Gasteiger partial charge in [0.15, 0.2) is 11.8 Å². The first-order chi connectivity index (χ1) is 10.4. The lowest BCUT2D eigenvalue weighted by Gasteiger charge is -2.58. The number of ether oxygens (including phenoxy) is 2.